The fraction of sp³-hybridized carbons (Fsp3) is 0.0435. The Morgan fingerprint density at radius 1 is 1.10 bits per heavy atom. The fourth-order valence-corrected chi connectivity index (χ4v) is 3.87. The highest BCUT2D eigenvalue weighted by Crippen LogP contribution is 2.24. The van der Waals surface area contributed by atoms with Crippen molar-refractivity contribution in [2.75, 3.05) is 0 Å². The summed E-state index contributed by atoms with van der Waals surface area (Å²) in [6, 6.07) is 23.0. The highest BCUT2D eigenvalue weighted by atomic mass is 127. The Bertz CT molecular complexity index is 1220. The second kappa shape index (κ2) is 9.44. The van der Waals surface area contributed by atoms with Crippen molar-refractivity contribution in [3.05, 3.63) is 97.7 Å². The lowest BCUT2D eigenvalue weighted by atomic mass is 10.2. The molecule has 0 radical (unpaired) electrons. The zero-order chi connectivity index (χ0) is 20.9. The molecular weight excluding hydrogens is 559 g/mol. The number of nitrogens with one attached hydrogen (secondary N) is 1. The van der Waals surface area contributed by atoms with Crippen LogP contribution >= 0.6 is 38.5 Å². The quantitative estimate of drug-likeness (QED) is 0.171. The van der Waals surface area contributed by atoms with E-state index in [9.17, 15) is 4.79 Å². The lowest BCUT2D eigenvalue weighted by Crippen LogP contribution is -2.16. The largest absolute Gasteiger partial charge is 0.488 e. The molecule has 0 saturated carbocycles. The summed E-state index contributed by atoms with van der Waals surface area (Å²) in [4.78, 5) is 12.3. The van der Waals surface area contributed by atoms with Crippen molar-refractivity contribution in [3.63, 3.8) is 0 Å². The molecule has 0 aliphatic rings. The number of amides is 1. The van der Waals surface area contributed by atoms with Gasteiger partial charge in [0.2, 0.25) is 0 Å². The molecule has 0 aliphatic carbocycles. The molecule has 0 unspecified atom stereocenters. The topological polar surface area (TPSA) is 63.8 Å². The second-order valence-corrected chi connectivity index (χ2v) is 8.53. The molecule has 0 saturated heterocycles. The smallest absolute Gasteiger partial charge is 0.307 e. The number of benzene rings is 3. The van der Waals surface area contributed by atoms with Gasteiger partial charge in [-0.05, 0) is 76.2 Å². The van der Waals surface area contributed by atoms with Crippen LogP contribution in [0.2, 0.25) is 0 Å². The third-order valence-corrected chi connectivity index (χ3v) is 5.61. The molecular formula is C23H16BrIN2O3. The average molecular weight is 575 g/mol. The van der Waals surface area contributed by atoms with Crippen molar-refractivity contribution in [3.8, 4) is 5.75 Å². The van der Waals surface area contributed by atoms with E-state index >= 15 is 0 Å². The number of carbonyl (C=O) groups excluding carboxylic acids is 1. The second-order valence-electron chi connectivity index (χ2n) is 6.46. The average Bonchev–Trinajstić information content (AvgIpc) is 3.17. The van der Waals surface area contributed by atoms with Crippen LogP contribution in [-0.4, -0.2) is 12.1 Å². The van der Waals surface area contributed by atoms with E-state index < -0.39 is 5.91 Å². The van der Waals surface area contributed by atoms with Gasteiger partial charge < -0.3 is 9.15 Å². The molecule has 1 N–H and O–H groups in total. The number of nitrogens with zero attached hydrogens (tertiary/aromatic N) is 1. The maximum atomic E-state index is 12.3. The van der Waals surface area contributed by atoms with Crippen LogP contribution in [0, 0.1) is 3.57 Å². The molecule has 30 heavy (non-hydrogen) atoms. The van der Waals surface area contributed by atoms with E-state index in [0.717, 1.165) is 30.3 Å². The van der Waals surface area contributed by atoms with Gasteiger partial charge in [0, 0.05) is 9.86 Å². The summed E-state index contributed by atoms with van der Waals surface area (Å²) in [5.74, 6) is 0.602. The van der Waals surface area contributed by atoms with Gasteiger partial charge in [-0.2, -0.15) is 5.10 Å². The predicted octanol–water partition coefficient (Wildman–Crippen LogP) is 6.14. The van der Waals surface area contributed by atoms with Crippen molar-refractivity contribution < 1.29 is 13.9 Å². The Hall–Kier alpha value is -2.65. The third-order valence-electron chi connectivity index (χ3n) is 4.27. The lowest BCUT2D eigenvalue weighted by molar-refractivity contribution is 0.0929. The van der Waals surface area contributed by atoms with E-state index in [1.165, 1.54) is 0 Å². The first kappa shape index (κ1) is 20.6. The molecule has 0 fully saturated rings. The number of carbonyl (C=O) groups is 1. The first-order chi connectivity index (χ1) is 14.6. The van der Waals surface area contributed by atoms with Gasteiger partial charge in [0.1, 0.15) is 17.9 Å². The van der Waals surface area contributed by atoms with E-state index in [1.807, 2.05) is 66.7 Å². The molecule has 0 bridgehead atoms. The van der Waals surface area contributed by atoms with Crippen molar-refractivity contribution in [1.29, 1.82) is 0 Å². The van der Waals surface area contributed by atoms with Gasteiger partial charge in [0.05, 0.1) is 9.78 Å². The Kier molecular flexibility index (Phi) is 6.49. The van der Waals surface area contributed by atoms with Gasteiger partial charge in [-0.3, -0.25) is 4.79 Å². The van der Waals surface area contributed by atoms with E-state index in [2.05, 4.69) is 49.0 Å². The number of furan rings is 1. The van der Waals surface area contributed by atoms with Crippen molar-refractivity contribution in [2.24, 2.45) is 5.10 Å². The first-order valence-corrected chi connectivity index (χ1v) is 10.9. The molecule has 0 aliphatic heterocycles. The number of halogens is 2. The third kappa shape index (κ3) is 5.09. The fourth-order valence-electron chi connectivity index (χ4n) is 2.80. The van der Waals surface area contributed by atoms with Crippen LogP contribution in [0.3, 0.4) is 0 Å². The summed E-state index contributed by atoms with van der Waals surface area (Å²) < 4.78 is 13.3. The van der Waals surface area contributed by atoms with Crippen LogP contribution in [0.15, 0.2) is 86.8 Å². The van der Waals surface area contributed by atoms with Gasteiger partial charge in [-0.15, -0.1) is 0 Å². The van der Waals surface area contributed by atoms with E-state index in [1.54, 1.807) is 12.3 Å². The van der Waals surface area contributed by atoms with Gasteiger partial charge >= 0.3 is 5.91 Å². The van der Waals surface area contributed by atoms with Crippen LogP contribution in [0.5, 0.6) is 5.75 Å². The highest BCUT2D eigenvalue weighted by molar-refractivity contribution is 14.1. The molecule has 0 atom stereocenters. The maximum Gasteiger partial charge on any atom is 0.307 e. The molecule has 3 aromatic carbocycles. The molecule has 7 heteroatoms. The Morgan fingerprint density at radius 3 is 2.73 bits per heavy atom. The van der Waals surface area contributed by atoms with Crippen LogP contribution in [0.25, 0.3) is 11.0 Å². The minimum atomic E-state index is -0.406. The maximum absolute atomic E-state index is 12.3. The molecule has 4 aromatic rings. The minimum Gasteiger partial charge on any atom is -0.488 e. The molecule has 1 heterocycles. The van der Waals surface area contributed by atoms with Gasteiger partial charge in [-0.1, -0.05) is 46.3 Å². The number of fused-ring (bicyclic) bond motifs is 1. The van der Waals surface area contributed by atoms with E-state index in [0.29, 0.717) is 12.2 Å². The monoisotopic (exact) mass is 574 g/mol. The normalized spacial score (nSPS) is 11.1. The van der Waals surface area contributed by atoms with Crippen LogP contribution in [0.1, 0.15) is 21.7 Å². The number of ether oxygens (including phenoxy) is 1. The number of hydrazone groups is 1. The molecule has 1 amide bonds. The van der Waals surface area contributed by atoms with Crippen LogP contribution < -0.4 is 10.2 Å². The first-order valence-electron chi connectivity index (χ1n) is 9.07. The number of hydrogen-bond acceptors (Lipinski definition) is 4. The van der Waals surface area contributed by atoms with Gasteiger partial charge in [0.15, 0.2) is 5.76 Å². The highest BCUT2D eigenvalue weighted by Gasteiger charge is 2.11. The summed E-state index contributed by atoms with van der Waals surface area (Å²) in [5.41, 5.74) is 5.10. The van der Waals surface area contributed by atoms with E-state index in [-0.39, 0.29) is 5.76 Å². The molecule has 0 spiro atoms. The Morgan fingerprint density at radius 2 is 1.93 bits per heavy atom. The SMILES string of the molecule is O=C(N/N=C/c1ccc(OCc2ccccc2)c(I)c1)c1cc2cc(Br)ccc2o1. The minimum absolute atomic E-state index is 0.208. The standard InChI is InChI=1S/C23H16BrIN2O3/c24-18-7-9-20-17(11-18)12-22(30-20)23(28)27-26-13-16-6-8-21(19(25)10-16)29-14-15-4-2-1-3-5-15/h1-13H,14H2,(H,27,28)/b26-13+. The zero-order valence-corrected chi connectivity index (χ0v) is 19.4. The summed E-state index contributed by atoms with van der Waals surface area (Å²) in [6.45, 7) is 0.508. The van der Waals surface area contributed by atoms with E-state index in [4.69, 9.17) is 9.15 Å². The number of rotatable bonds is 6. The summed E-state index contributed by atoms with van der Waals surface area (Å²) in [6.07, 6.45) is 1.58. The Labute approximate surface area is 195 Å². The van der Waals surface area contributed by atoms with Gasteiger partial charge in [-0.25, -0.2) is 5.43 Å². The summed E-state index contributed by atoms with van der Waals surface area (Å²) in [7, 11) is 0. The number of hydrogen-bond donors (Lipinski definition) is 1. The molecule has 4 rings (SSSR count). The lowest BCUT2D eigenvalue weighted by Gasteiger charge is -2.08. The molecule has 5 nitrogen and oxygen atoms in total. The van der Waals surface area contributed by atoms with Gasteiger partial charge in [0.25, 0.3) is 0 Å². The molecule has 1 aromatic heterocycles. The Balaban J connectivity index is 1.37. The van der Waals surface area contributed by atoms with Crippen LogP contribution in [0.4, 0.5) is 0 Å². The predicted molar refractivity (Wildman–Crippen MR) is 129 cm³/mol. The molecule has 150 valence electrons. The summed E-state index contributed by atoms with van der Waals surface area (Å²) >= 11 is 5.62. The summed E-state index contributed by atoms with van der Waals surface area (Å²) in [5, 5.41) is 4.88. The van der Waals surface area contributed by atoms with Crippen molar-refractivity contribution >= 4 is 61.6 Å². The van der Waals surface area contributed by atoms with Crippen molar-refractivity contribution in [1.82, 2.24) is 5.43 Å². The van der Waals surface area contributed by atoms with Crippen molar-refractivity contribution in [2.45, 2.75) is 6.61 Å². The van der Waals surface area contributed by atoms with Crippen LogP contribution in [-0.2, 0) is 6.61 Å². The zero-order valence-electron chi connectivity index (χ0n) is 15.6.